The number of halogens is 1. The molecular formula is C16H16BrNO. The molecule has 1 amide bonds. The zero-order valence-electron chi connectivity index (χ0n) is 10.8. The Balaban J connectivity index is 2.09. The summed E-state index contributed by atoms with van der Waals surface area (Å²) in [6.45, 7) is 2.16. The van der Waals surface area contributed by atoms with E-state index in [2.05, 4.69) is 40.3 Å². The van der Waals surface area contributed by atoms with Crippen LogP contribution in [0, 0.1) is 0 Å². The van der Waals surface area contributed by atoms with Gasteiger partial charge in [-0.05, 0) is 52.2 Å². The minimum absolute atomic E-state index is 0.101. The van der Waals surface area contributed by atoms with Gasteiger partial charge in [-0.1, -0.05) is 37.6 Å². The molecule has 0 spiro atoms. The van der Waals surface area contributed by atoms with Crippen molar-refractivity contribution >= 4 is 27.5 Å². The third-order valence-corrected chi connectivity index (χ3v) is 3.56. The van der Waals surface area contributed by atoms with E-state index in [4.69, 9.17) is 0 Å². The lowest BCUT2D eigenvalue weighted by molar-refractivity contribution is 0.102. The number of carbonyl (C=O) groups is 1. The first kappa shape index (κ1) is 13.8. The minimum atomic E-state index is -0.101. The highest BCUT2D eigenvalue weighted by Crippen LogP contribution is 2.18. The molecule has 0 aliphatic carbocycles. The first-order valence-corrected chi connectivity index (χ1v) is 7.15. The average molecular weight is 318 g/mol. The molecule has 1 N–H and O–H groups in total. The van der Waals surface area contributed by atoms with Gasteiger partial charge in [-0.15, -0.1) is 0 Å². The lowest BCUT2D eigenvalue weighted by atomic mass is 10.1. The van der Waals surface area contributed by atoms with Crippen LogP contribution in [0.3, 0.4) is 0 Å². The number of aryl methyl sites for hydroxylation is 1. The Kier molecular flexibility index (Phi) is 4.74. The molecule has 3 heteroatoms. The van der Waals surface area contributed by atoms with Crippen molar-refractivity contribution < 1.29 is 4.79 Å². The monoisotopic (exact) mass is 317 g/mol. The van der Waals surface area contributed by atoms with Crippen molar-refractivity contribution in [2.24, 2.45) is 0 Å². The van der Waals surface area contributed by atoms with E-state index in [-0.39, 0.29) is 5.91 Å². The van der Waals surface area contributed by atoms with Crippen LogP contribution in [0.1, 0.15) is 29.3 Å². The molecule has 0 aliphatic heterocycles. The van der Waals surface area contributed by atoms with E-state index in [1.807, 2.05) is 30.3 Å². The summed E-state index contributed by atoms with van der Waals surface area (Å²) < 4.78 is 0.801. The van der Waals surface area contributed by atoms with Gasteiger partial charge in [0.05, 0.1) is 5.56 Å². The number of rotatable bonds is 4. The van der Waals surface area contributed by atoms with Crippen LogP contribution in [0.5, 0.6) is 0 Å². The van der Waals surface area contributed by atoms with Crippen molar-refractivity contribution in [2.45, 2.75) is 19.8 Å². The summed E-state index contributed by atoms with van der Waals surface area (Å²) in [6.07, 6.45) is 2.20. The summed E-state index contributed by atoms with van der Waals surface area (Å²) >= 11 is 3.38. The molecular weight excluding hydrogens is 302 g/mol. The zero-order valence-corrected chi connectivity index (χ0v) is 12.4. The fourth-order valence-corrected chi connectivity index (χ4v) is 2.35. The zero-order chi connectivity index (χ0) is 13.7. The molecule has 19 heavy (non-hydrogen) atoms. The predicted octanol–water partition coefficient (Wildman–Crippen LogP) is 4.65. The van der Waals surface area contributed by atoms with Gasteiger partial charge in [-0.3, -0.25) is 4.79 Å². The summed E-state index contributed by atoms with van der Waals surface area (Å²) in [6, 6.07) is 15.4. The van der Waals surface area contributed by atoms with Crippen molar-refractivity contribution in [1.82, 2.24) is 0 Å². The van der Waals surface area contributed by atoms with Crippen molar-refractivity contribution in [3.05, 3.63) is 64.1 Å². The van der Waals surface area contributed by atoms with E-state index in [0.717, 1.165) is 23.0 Å². The van der Waals surface area contributed by atoms with Gasteiger partial charge in [0, 0.05) is 10.2 Å². The maximum absolute atomic E-state index is 12.1. The fourth-order valence-electron chi connectivity index (χ4n) is 1.89. The van der Waals surface area contributed by atoms with Crippen molar-refractivity contribution in [3.63, 3.8) is 0 Å². The van der Waals surface area contributed by atoms with Crippen LogP contribution in [-0.2, 0) is 6.42 Å². The first-order valence-electron chi connectivity index (χ1n) is 6.35. The number of carbonyl (C=O) groups excluding carboxylic acids is 1. The Morgan fingerprint density at radius 2 is 1.79 bits per heavy atom. The van der Waals surface area contributed by atoms with Crippen molar-refractivity contribution in [3.8, 4) is 0 Å². The summed E-state index contributed by atoms with van der Waals surface area (Å²) in [7, 11) is 0. The highest BCUT2D eigenvalue weighted by atomic mass is 79.9. The molecule has 0 fully saturated rings. The number of amides is 1. The molecule has 0 aromatic heterocycles. The molecule has 0 saturated carbocycles. The third-order valence-electron chi connectivity index (χ3n) is 2.87. The highest BCUT2D eigenvalue weighted by Gasteiger charge is 2.09. The van der Waals surface area contributed by atoms with E-state index >= 15 is 0 Å². The van der Waals surface area contributed by atoms with E-state index < -0.39 is 0 Å². The molecule has 0 unspecified atom stereocenters. The van der Waals surface area contributed by atoms with Crippen LogP contribution < -0.4 is 5.32 Å². The SMILES string of the molecule is CCCc1ccc(NC(=O)c2ccccc2Br)cc1. The number of hydrogen-bond acceptors (Lipinski definition) is 1. The highest BCUT2D eigenvalue weighted by molar-refractivity contribution is 9.10. The maximum Gasteiger partial charge on any atom is 0.256 e. The van der Waals surface area contributed by atoms with Crippen LogP contribution >= 0.6 is 15.9 Å². The molecule has 0 saturated heterocycles. The van der Waals surface area contributed by atoms with Gasteiger partial charge in [0.1, 0.15) is 0 Å². The quantitative estimate of drug-likeness (QED) is 0.873. The Hall–Kier alpha value is -1.61. The number of hydrogen-bond donors (Lipinski definition) is 1. The van der Waals surface area contributed by atoms with Gasteiger partial charge >= 0.3 is 0 Å². The summed E-state index contributed by atoms with van der Waals surface area (Å²) in [5, 5.41) is 2.90. The molecule has 0 radical (unpaired) electrons. The maximum atomic E-state index is 12.1. The summed E-state index contributed by atoms with van der Waals surface area (Å²) in [4.78, 5) is 12.1. The van der Waals surface area contributed by atoms with Gasteiger partial charge in [0.15, 0.2) is 0 Å². The normalized spacial score (nSPS) is 10.2. The smallest absolute Gasteiger partial charge is 0.256 e. The lowest BCUT2D eigenvalue weighted by Gasteiger charge is -2.07. The standard InChI is InChI=1S/C16H16BrNO/c1-2-5-12-8-10-13(11-9-12)18-16(19)14-6-3-4-7-15(14)17/h3-4,6-11H,2,5H2,1H3,(H,18,19). The van der Waals surface area contributed by atoms with Gasteiger partial charge in [-0.25, -0.2) is 0 Å². The van der Waals surface area contributed by atoms with Crippen LogP contribution in [0.15, 0.2) is 53.0 Å². The Morgan fingerprint density at radius 3 is 2.42 bits per heavy atom. The van der Waals surface area contributed by atoms with Crippen molar-refractivity contribution in [1.29, 1.82) is 0 Å². The molecule has 2 rings (SSSR count). The Bertz CT molecular complexity index is 563. The van der Waals surface area contributed by atoms with E-state index in [9.17, 15) is 4.79 Å². The third kappa shape index (κ3) is 3.67. The second-order valence-corrected chi connectivity index (χ2v) is 5.24. The lowest BCUT2D eigenvalue weighted by Crippen LogP contribution is -2.12. The second kappa shape index (κ2) is 6.53. The van der Waals surface area contributed by atoms with Gasteiger partial charge in [-0.2, -0.15) is 0 Å². The largest absolute Gasteiger partial charge is 0.322 e. The fraction of sp³-hybridized carbons (Fsp3) is 0.188. The van der Waals surface area contributed by atoms with Gasteiger partial charge in [0.2, 0.25) is 0 Å². The number of nitrogens with one attached hydrogen (secondary N) is 1. The molecule has 0 bridgehead atoms. The topological polar surface area (TPSA) is 29.1 Å². The van der Waals surface area contributed by atoms with E-state index in [1.54, 1.807) is 6.07 Å². The van der Waals surface area contributed by atoms with Gasteiger partial charge in [0.25, 0.3) is 5.91 Å². The first-order chi connectivity index (χ1) is 9.20. The van der Waals surface area contributed by atoms with Crippen LogP contribution in [0.4, 0.5) is 5.69 Å². The average Bonchev–Trinajstić information content (AvgIpc) is 2.42. The van der Waals surface area contributed by atoms with Gasteiger partial charge < -0.3 is 5.32 Å². The van der Waals surface area contributed by atoms with Crippen LogP contribution in [0.25, 0.3) is 0 Å². The molecule has 0 heterocycles. The second-order valence-electron chi connectivity index (χ2n) is 4.38. The number of anilines is 1. The molecule has 2 aromatic rings. The van der Waals surface area contributed by atoms with E-state index in [0.29, 0.717) is 5.56 Å². The summed E-state index contributed by atoms with van der Waals surface area (Å²) in [5.41, 5.74) is 2.75. The Labute approximate surface area is 122 Å². The van der Waals surface area contributed by atoms with E-state index in [1.165, 1.54) is 5.56 Å². The molecule has 0 atom stereocenters. The molecule has 98 valence electrons. The molecule has 0 aliphatic rings. The predicted molar refractivity (Wildman–Crippen MR) is 82.5 cm³/mol. The molecule has 2 aromatic carbocycles. The summed E-state index contributed by atoms with van der Waals surface area (Å²) in [5.74, 6) is -0.101. The minimum Gasteiger partial charge on any atom is -0.322 e. The van der Waals surface area contributed by atoms with Crippen LogP contribution in [-0.4, -0.2) is 5.91 Å². The number of benzene rings is 2. The van der Waals surface area contributed by atoms with Crippen molar-refractivity contribution in [2.75, 3.05) is 5.32 Å². The Morgan fingerprint density at radius 1 is 1.11 bits per heavy atom. The van der Waals surface area contributed by atoms with Crippen LogP contribution in [0.2, 0.25) is 0 Å². The molecule has 2 nitrogen and oxygen atoms in total.